The first-order valence-electron chi connectivity index (χ1n) is 8.67. The summed E-state index contributed by atoms with van der Waals surface area (Å²) >= 11 is 0. The monoisotopic (exact) mass is 362 g/mol. The van der Waals surface area contributed by atoms with Crippen molar-refractivity contribution >= 4 is 17.3 Å². The first kappa shape index (κ1) is 18.3. The van der Waals surface area contributed by atoms with E-state index >= 15 is 0 Å². The van der Waals surface area contributed by atoms with E-state index in [2.05, 4.69) is 10.6 Å². The van der Waals surface area contributed by atoms with Crippen LogP contribution >= 0.6 is 0 Å². The molecule has 0 bridgehead atoms. The number of nitrogens with one attached hydrogen (secondary N) is 2. The molecule has 0 aliphatic rings. The van der Waals surface area contributed by atoms with Gasteiger partial charge < -0.3 is 20.1 Å². The fourth-order valence-electron chi connectivity index (χ4n) is 2.48. The largest absolute Gasteiger partial charge is 0.497 e. The van der Waals surface area contributed by atoms with Crippen LogP contribution in [0.3, 0.4) is 0 Å². The molecule has 1 amide bonds. The lowest BCUT2D eigenvalue weighted by molar-refractivity contribution is -0.118. The Labute approximate surface area is 158 Å². The van der Waals surface area contributed by atoms with Gasteiger partial charge in [0.25, 0.3) is 5.91 Å². The second kappa shape index (κ2) is 9.29. The van der Waals surface area contributed by atoms with Crippen LogP contribution in [0.15, 0.2) is 78.9 Å². The molecule has 0 aliphatic heterocycles. The van der Waals surface area contributed by atoms with Gasteiger partial charge in [0.15, 0.2) is 6.61 Å². The molecule has 0 heterocycles. The number of methoxy groups -OCH3 is 1. The van der Waals surface area contributed by atoms with Gasteiger partial charge in [0.2, 0.25) is 0 Å². The molecule has 138 valence electrons. The molecule has 3 aromatic rings. The molecule has 0 atom stereocenters. The summed E-state index contributed by atoms with van der Waals surface area (Å²) in [5.41, 5.74) is 2.86. The molecule has 0 radical (unpaired) electrons. The maximum Gasteiger partial charge on any atom is 0.262 e. The highest BCUT2D eigenvalue weighted by Gasteiger charge is 2.04. The van der Waals surface area contributed by atoms with E-state index in [0.29, 0.717) is 12.3 Å². The number of hydrogen-bond donors (Lipinski definition) is 2. The minimum Gasteiger partial charge on any atom is -0.497 e. The van der Waals surface area contributed by atoms with E-state index in [1.807, 2.05) is 78.9 Å². The van der Waals surface area contributed by atoms with E-state index in [-0.39, 0.29) is 12.5 Å². The molecule has 0 saturated carbocycles. The van der Waals surface area contributed by atoms with Crippen molar-refractivity contribution < 1.29 is 14.3 Å². The molecule has 5 heteroatoms. The first-order valence-corrected chi connectivity index (χ1v) is 8.67. The van der Waals surface area contributed by atoms with Crippen LogP contribution in [0.5, 0.6) is 11.5 Å². The zero-order valence-corrected chi connectivity index (χ0v) is 15.1. The van der Waals surface area contributed by atoms with Crippen molar-refractivity contribution in [3.63, 3.8) is 0 Å². The van der Waals surface area contributed by atoms with Crippen molar-refractivity contribution in [1.29, 1.82) is 0 Å². The van der Waals surface area contributed by atoms with Crippen LogP contribution in [0, 0.1) is 0 Å². The molecular formula is C22H22N2O3. The molecular weight excluding hydrogens is 340 g/mol. The summed E-state index contributed by atoms with van der Waals surface area (Å²) < 4.78 is 10.6. The zero-order chi connectivity index (χ0) is 18.9. The molecule has 27 heavy (non-hydrogen) atoms. The number of hydrogen-bond acceptors (Lipinski definition) is 4. The van der Waals surface area contributed by atoms with Gasteiger partial charge in [-0.25, -0.2) is 0 Å². The number of para-hydroxylation sites is 1. The van der Waals surface area contributed by atoms with Crippen LogP contribution in [0.2, 0.25) is 0 Å². The number of carbonyl (C=O) groups is 1. The molecule has 0 aromatic heterocycles. The minimum atomic E-state index is -0.196. The highest BCUT2D eigenvalue weighted by atomic mass is 16.5. The van der Waals surface area contributed by atoms with E-state index in [1.165, 1.54) is 0 Å². The van der Waals surface area contributed by atoms with E-state index in [1.54, 1.807) is 7.11 Å². The van der Waals surface area contributed by atoms with Crippen LogP contribution < -0.4 is 20.1 Å². The van der Waals surface area contributed by atoms with Gasteiger partial charge in [-0.2, -0.15) is 0 Å². The Hall–Kier alpha value is -3.47. The van der Waals surface area contributed by atoms with Crippen molar-refractivity contribution in [3.8, 4) is 11.5 Å². The predicted molar refractivity (Wildman–Crippen MR) is 107 cm³/mol. The summed E-state index contributed by atoms with van der Waals surface area (Å²) in [6.45, 7) is 0.683. The Morgan fingerprint density at radius 3 is 2.15 bits per heavy atom. The molecule has 3 aromatic carbocycles. The van der Waals surface area contributed by atoms with Gasteiger partial charge in [-0.15, -0.1) is 0 Å². The average molecular weight is 362 g/mol. The molecule has 3 rings (SSSR count). The van der Waals surface area contributed by atoms with Crippen LogP contribution in [-0.4, -0.2) is 19.6 Å². The van der Waals surface area contributed by atoms with Crippen molar-refractivity contribution in [2.75, 3.05) is 24.4 Å². The third kappa shape index (κ3) is 5.78. The fraction of sp³-hybridized carbons (Fsp3) is 0.136. The summed E-state index contributed by atoms with van der Waals surface area (Å²) in [5, 5.41) is 6.17. The zero-order valence-electron chi connectivity index (χ0n) is 15.1. The quantitative estimate of drug-likeness (QED) is 0.626. The second-order valence-corrected chi connectivity index (χ2v) is 5.93. The van der Waals surface area contributed by atoms with Gasteiger partial charge in [0.05, 0.1) is 7.11 Å². The Bertz CT molecular complexity index is 847. The van der Waals surface area contributed by atoms with Gasteiger partial charge in [-0.1, -0.05) is 30.3 Å². The summed E-state index contributed by atoms with van der Waals surface area (Å²) in [5.74, 6) is 1.32. The Kier molecular flexibility index (Phi) is 6.30. The molecule has 5 nitrogen and oxygen atoms in total. The van der Waals surface area contributed by atoms with Crippen LogP contribution in [0.25, 0.3) is 0 Å². The van der Waals surface area contributed by atoms with Gasteiger partial charge in [0, 0.05) is 17.9 Å². The molecule has 2 N–H and O–H groups in total. The van der Waals surface area contributed by atoms with Crippen LogP contribution in [-0.2, 0) is 11.3 Å². The minimum absolute atomic E-state index is 0.0263. The number of ether oxygens (including phenoxy) is 2. The number of rotatable bonds is 8. The number of anilines is 2. The van der Waals surface area contributed by atoms with Crippen molar-refractivity contribution in [2.45, 2.75) is 6.54 Å². The van der Waals surface area contributed by atoms with Gasteiger partial charge >= 0.3 is 0 Å². The second-order valence-electron chi connectivity index (χ2n) is 5.93. The molecule has 0 saturated heterocycles. The standard InChI is InChI=1S/C22H22N2O3/c1-26-20-13-7-17(8-14-20)15-23-18-9-11-19(12-10-18)24-22(25)16-27-21-5-3-2-4-6-21/h2-14,23H,15-16H2,1H3,(H,24,25). The first-order chi connectivity index (χ1) is 13.2. The summed E-state index contributed by atoms with van der Waals surface area (Å²) in [6.07, 6.45) is 0. The molecule has 0 unspecified atom stereocenters. The van der Waals surface area contributed by atoms with E-state index in [0.717, 1.165) is 22.7 Å². The topological polar surface area (TPSA) is 59.6 Å². The Balaban J connectivity index is 1.45. The lowest BCUT2D eigenvalue weighted by Crippen LogP contribution is -2.20. The Morgan fingerprint density at radius 2 is 1.48 bits per heavy atom. The average Bonchev–Trinajstić information content (AvgIpc) is 2.73. The maximum atomic E-state index is 12.0. The van der Waals surface area contributed by atoms with E-state index < -0.39 is 0 Å². The highest BCUT2D eigenvalue weighted by Crippen LogP contribution is 2.16. The third-order valence-electron chi connectivity index (χ3n) is 3.94. The maximum absolute atomic E-state index is 12.0. The molecule has 0 fully saturated rings. The van der Waals surface area contributed by atoms with E-state index in [9.17, 15) is 4.79 Å². The highest BCUT2D eigenvalue weighted by molar-refractivity contribution is 5.92. The summed E-state index contributed by atoms with van der Waals surface area (Å²) in [4.78, 5) is 12.0. The lowest BCUT2D eigenvalue weighted by Gasteiger charge is -2.10. The summed E-state index contributed by atoms with van der Waals surface area (Å²) in [6, 6.07) is 24.8. The van der Waals surface area contributed by atoms with Crippen molar-refractivity contribution in [3.05, 3.63) is 84.4 Å². The number of amides is 1. The van der Waals surface area contributed by atoms with Crippen molar-refractivity contribution in [2.24, 2.45) is 0 Å². The normalized spacial score (nSPS) is 10.1. The van der Waals surface area contributed by atoms with E-state index in [4.69, 9.17) is 9.47 Å². The molecule has 0 aliphatic carbocycles. The third-order valence-corrected chi connectivity index (χ3v) is 3.94. The fourth-order valence-corrected chi connectivity index (χ4v) is 2.48. The summed E-state index contributed by atoms with van der Waals surface area (Å²) in [7, 11) is 1.65. The van der Waals surface area contributed by atoms with Gasteiger partial charge in [-0.05, 0) is 54.1 Å². The Morgan fingerprint density at radius 1 is 0.815 bits per heavy atom. The van der Waals surface area contributed by atoms with Crippen LogP contribution in [0.4, 0.5) is 11.4 Å². The SMILES string of the molecule is COc1ccc(CNc2ccc(NC(=O)COc3ccccc3)cc2)cc1. The van der Waals surface area contributed by atoms with Gasteiger partial charge in [-0.3, -0.25) is 4.79 Å². The molecule has 0 spiro atoms. The lowest BCUT2D eigenvalue weighted by atomic mass is 10.2. The van der Waals surface area contributed by atoms with Gasteiger partial charge in [0.1, 0.15) is 11.5 Å². The van der Waals surface area contributed by atoms with Crippen LogP contribution in [0.1, 0.15) is 5.56 Å². The predicted octanol–water partition coefficient (Wildman–Crippen LogP) is 4.32. The van der Waals surface area contributed by atoms with Crippen molar-refractivity contribution in [1.82, 2.24) is 0 Å². The smallest absolute Gasteiger partial charge is 0.262 e. The number of carbonyl (C=O) groups excluding carboxylic acids is 1. The number of benzene rings is 3.